The molecule has 0 radical (unpaired) electrons. The molecule has 0 fully saturated rings. The van der Waals surface area contributed by atoms with Gasteiger partial charge in [0.05, 0.1) is 20.1 Å². The Morgan fingerprint density at radius 2 is 1.96 bits per heavy atom. The van der Waals surface area contributed by atoms with Gasteiger partial charge in [-0.3, -0.25) is 4.79 Å². The first-order valence-corrected chi connectivity index (χ1v) is 8.64. The van der Waals surface area contributed by atoms with Crippen LogP contribution < -0.4 is 15.1 Å². The Balaban J connectivity index is 2.13. The van der Waals surface area contributed by atoms with Gasteiger partial charge in [0.2, 0.25) is 0 Å². The van der Waals surface area contributed by atoms with E-state index in [1.54, 1.807) is 20.1 Å². The van der Waals surface area contributed by atoms with Crippen molar-refractivity contribution >= 4 is 17.7 Å². The van der Waals surface area contributed by atoms with Gasteiger partial charge >= 0.3 is 5.97 Å². The van der Waals surface area contributed by atoms with Crippen molar-refractivity contribution < 1.29 is 18.7 Å². The fourth-order valence-electron chi connectivity index (χ4n) is 2.68. The fraction of sp³-hybridized carbons (Fsp3) is 0.316. The number of rotatable bonds is 9. The summed E-state index contributed by atoms with van der Waals surface area (Å²) in [7, 11) is 1.55. The molecule has 0 aromatic heterocycles. The molecule has 2 rings (SSSR count). The van der Waals surface area contributed by atoms with Crippen LogP contribution in [-0.2, 0) is 16.0 Å². The third-order valence-corrected chi connectivity index (χ3v) is 3.99. The number of hydrazine groups is 1. The highest BCUT2D eigenvalue weighted by Crippen LogP contribution is 2.30. The Bertz CT molecular complexity index is 725. The number of hydrogen-bond acceptors (Lipinski definition) is 5. The highest BCUT2D eigenvalue weighted by atomic mass is 35.5. The Hall–Kier alpha value is -2.15. The minimum Gasteiger partial charge on any atom is -0.496 e. The molecule has 0 spiro atoms. The molecule has 2 N–H and O–H groups in total. The molecule has 140 valence electrons. The number of benzene rings is 2. The van der Waals surface area contributed by atoms with Crippen molar-refractivity contribution in [3.63, 3.8) is 0 Å². The zero-order chi connectivity index (χ0) is 18.9. The van der Waals surface area contributed by atoms with Crippen LogP contribution in [0.25, 0.3) is 11.1 Å². The third-order valence-electron chi connectivity index (χ3n) is 3.89. The van der Waals surface area contributed by atoms with Crippen molar-refractivity contribution in [1.29, 1.82) is 0 Å². The van der Waals surface area contributed by atoms with Gasteiger partial charge < -0.3 is 9.47 Å². The summed E-state index contributed by atoms with van der Waals surface area (Å²) in [6.45, 7) is 2.10. The second-order valence-electron chi connectivity index (χ2n) is 5.69. The molecule has 0 heterocycles. The van der Waals surface area contributed by atoms with Gasteiger partial charge in [-0.1, -0.05) is 24.3 Å². The number of hydrogen-bond donors (Lipinski definition) is 2. The topological polar surface area (TPSA) is 59.6 Å². The lowest BCUT2D eigenvalue weighted by atomic mass is 9.99. The predicted octanol–water partition coefficient (Wildman–Crippen LogP) is 3.61. The first-order valence-electron chi connectivity index (χ1n) is 8.27. The van der Waals surface area contributed by atoms with E-state index in [4.69, 9.17) is 21.3 Å². The average Bonchev–Trinajstić information content (AvgIpc) is 2.62. The van der Waals surface area contributed by atoms with E-state index in [1.807, 2.05) is 24.3 Å². The molecule has 5 nitrogen and oxygen atoms in total. The lowest BCUT2D eigenvalue weighted by Gasteiger charge is -2.17. The van der Waals surface area contributed by atoms with E-state index in [0.717, 1.165) is 11.1 Å². The second-order valence-corrected chi connectivity index (χ2v) is 5.88. The van der Waals surface area contributed by atoms with E-state index in [9.17, 15) is 9.18 Å². The van der Waals surface area contributed by atoms with Crippen LogP contribution in [0.4, 0.5) is 4.39 Å². The molecule has 0 aliphatic rings. The van der Waals surface area contributed by atoms with Crippen LogP contribution in [0.1, 0.15) is 18.9 Å². The van der Waals surface area contributed by atoms with Crippen LogP contribution in [0.5, 0.6) is 5.75 Å². The number of methoxy groups -OCH3 is 1. The monoisotopic (exact) mass is 380 g/mol. The van der Waals surface area contributed by atoms with E-state index in [1.165, 1.54) is 12.1 Å². The van der Waals surface area contributed by atoms with Crippen molar-refractivity contribution in [2.24, 2.45) is 0 Å². The molecule has 0 amide bonds. The summed E-state index contributed by atoms with van der Waals surface area (Å²) in [6, 6.07) is 11.8. The molecule has 2 aromatic rings. The van der Waals surface area contributed by atoms with Crippen LogP contribution in [-0.4, -0.2) is 25.7 Å². The molecule has 1 atom stereocenters. The van der Waals surface area contributed by atoms with Gasteiger partial charge in [-0.05, 0) is 54.4 Å². The Morgan fingerprint density at radius 3 is 2.58 bits per heavy atom. The van der Waals surface area contributed by atoms with Crippen molar-refractivity contribution in [1.82, 2.24) is 10.4 Å². The smallest absolute Gasteiger partial charge is 0.307 e. The van der Waals surface area contributed by atoms with Gasteiger partial charge in [-0.15, -0.1) is 0 Å². The maximum atomic E-state index is 13.6. The number of esters is 1. The largest absolute Gasteiger partial charge is 0.496 e. The summed E-state index contributed by atoms with van der Waals surface area (Å²) < 4.78 is 23.8. The molecule has 0 saturated carbocycles. The summed E-state index contributed by atoms with van der Waals surface area (Å²) >= 11 is 5.51. The van der Waals surface area contributed by atoms with E-state index >= 15 is 0 Å². The average molecular weight is 381 g/mol. The molecular weight excluding hydrogens is 359 g/mol. The quantitative estimate of drug-likeness (QED) is 0.395. The van der Waals surface area contributed by atoms with Crippen molar-refractivity contribution in [2.75, 3.05) is 13.7 Å². The maximum Gasteiger partial charge on any atom is 0.307 e. The van der Waals surface area contributed by atoms with Gasteiger partial charge in [-0.25, -0.2) is 9.82 Å². The molecular formula is C19H22ClFN2O3. The highest BCUT2D eigenvalue weighted by Gasteiger charge is 2.15. The number of carbonyl (C=O) groups is 1. The molecule has 0 saturated heterocycles. The number of ether oxygens (including phenoxy) is 2. The lowest BCUT2D eigenvalue weighted by Crippen LogP contribution is -2.39. The van der Waals surface area contributed by atoms with Crippen molar-refractivity contribution in [3.8, 4) is 16.9 Å². The Morgan fingerprint density at radius 1 is 1.23 bits per heavy atom. The Kier molecular flexibility index (Phi) is 7.84. The van der Waals surface area contributed by atoms with Crippen molar-refractivity contribution in [2.45, 2.75) is 25.8 Å². The zero-order valence-corrected chi connectivity index (χ0v) is 15.5. The van der Waals surface area contributed by atoms with Gasteiger partial charge in [-0.2, -0.15) is 4.94 Å². The standard InChI is InChI=1S/C19H22ClFN2O3/c1-3-26-19(24)12-16(22-23-20)10-13-4-6-14(7-5-13)17-11-15(21)8-9-18(17)25-2/h4-9,11,16,22-23H,3,10,12H2,1-2H3/t16-/m1/s1. The van der Waals surface area contributed by atoms with Crippen molar-refractivity contribution in [3.05, 3.63) is 53.8 Å². The van der Waals surface area contributed by atoms with E-state index in [0.29, 0.717) is 24.3 Å². The predicted molar refractivity (Wildman–Crippen MR) is 99.3 cm³/mol. The number of halogens is 2. The van der Waals surface area contributed by atoms with Crippen LogP contribution in [0, 0.1) is 5.82 Å². The molecule has 7 heteroatoms. The van der Waals surface area contributed by atoms with Crippen LogP contribution in [0.15, 0.2) is 42.5 Å². The highest BCUT2D eigenvalue weighted by molar-refractivity contribution is 6.13. The van der Waals surface area contributed by atoms with E-state index < -0.39 is 0 Å². The molecule has 0 unspecified atom stereocenters. The van der Waals surface area contributed by atoms with Gasteiger partial charge in [0, 0.05) is 11.6 Å². The van der Waals surface area contributed by atoms with Gasteiger partial charge in [0.25, 0.3) is 0 Å². The molecule has 0 aliphatic carbocycles. The zero-order valence-electron chi connectivity index (χ0n) is 14.7. The van der Waals surface area contributed by atoms with Crippen LogP contribution >= 0.6 is 11.8 Å². The first-order chi connectivity index (χ1) is 12.6. The maximum absolute atomic E-state index is 13.6. The minimum atomic E-state index is -0.322. The summed E-state index contributed by atoms with van der Waals surface area (Å²) in [4.78, 5) is 14.0. The Labute approximate surface area is 157 Å². The number of carbonyl (C=O) groups excluding carboxylic acids is 1. The molecule has 26 heavy (non-hydrogen) atoms. The van der Waals surface area contributed by atoms with E-state index in [-0.39, 0.29) is 24.2 Å². The van der Waals surface area contributed by atoms with Gasteiger partial charge in [0.15, 0.2) is 0 Å². The second kappa shape index (κ2) is 10.1. The SMILES string of the molecule is CCOC(=O)C[C@@H](Cc1ccc(-c2cc(F)ccc2OC)cc1)NNCl. The molecule has 0 aliphatic heterocycles. The summed E-state index contributed by atoms with van der Waals surface area (Å²) in [6.07, 6.45) is 0.756. The lowest BCUT2D eigenvalue weighted by molar-refractivity contribution is -0.143. The molecule has 0 bridgehead atoms. The summed E-state index contributed by atoms with van der Waals surface area (Å²) in [5, 5.41) is 0. The first kappa shape index (κ1) is 20.2. The van der Waals surface area contributed by atoms with E-state index in [2.05, 4.69) is 10.4 Å². The summed E-state index contributed by atoms with van der Waals surface area (Å²) in [5.74, 6) is -0.0119. The molecule has 2 aromatic carbocycles. The third kappa shape index (κ3) is 5.69. The summed E-state index contributed by atoms with van der Waals surface area (Å²) in [5.41, 5.74) is 5.36. The number of nitrogens with one attached hydrogen (secondary N) is 2. The van der Waals surface area contributed by atoms with Crippen LogP contribution in [0.2, 0.25) is 0 Å². The van der Waals surface area contributed by atoms with Gasteiger partial charge in [0.1, 0.15) is 11.6 Å². The normalized spacial score (nSPS) is 11.8. The minimum absolute atomic E-state index is 0.188. The van der Waals surface area contributed by atoms with Crippen LogP contribution in [0.3, 0.4) is 0 Å². The fourth-order valence-corrected chi connectivity index (χ4v) is 2.84.